The number of morpholine rings is 1. The van der Waals surface area contributed by atoms with Crippen molar-refractivity contribution in [2.75, 3.05) is 41.9 Å². The lowest BCUT2D eigenvalue weighted by molar-refractivity contribution is -0.137. The Bertz CT molecular complexity index is 1390. The van der Waals surface area contributed by atoms with E-state index in [0.29, 0.717) is 26.3 Å². The first-order valence-corrected chi connectivity index (χ1v) is 12.1. The number of benzene rings is 2. The maximum absolute atomic E-state index is 14.2. The maximum atomic E-state index is 14.2. The van der Waals surface area contributed by atoms with Gasteiger partial charge in [-0.2, -0.15) is 23.3 Å². The Labute approximate surface area is 226 Å². The highest BCUT2D eigenvalue weighted by Crippen LogP contribution is 2.37. The third-order valence-corrected chi connectivity index (χ3v) is 6.29. The average Bonchev–Trinajstić information content (AvgIpc) is 2.88. The van der Waals surface area contributed by atoms with Gasteiger partial charge in [0.05, 0.1) is 41.8 Å². The van der Waals surface area contributed by atoms with Gasteiger partial charge in [0, 0.05) is 28.8 Å². The zero-order chi connectivity index (χ0) is 27.4. The Morgan fingerprint density at radius 2 is 2.00 bits per heavy atom. The van der Waals surface area contributed by atoms with E-state index in [4.69, 9.17) is 16.3 Å². The van der Waals surface area contributed by atoms with E-state index in [1.54, 1.807) is 4.90 Å². The van der Waals surface area contributed by atoms with E-state index in [2.05, 4.69) is 41.7 Å². The van der Waals surface area contributed by atoms with Crippen LogP contribution >= 0.6 is 27.5 Å². The number of nitrogens with one attached hydrogen (secondary N) is 2. The van der Waals surface area contributed by atoms with Crippen LogP contribution in [0.15, 0.2) is 46.1 Å². The second-order valence-corrected chi connectivity index (χ2v) is 9.08. The summed E-state index contributed by atoms with van der Waals surface area (Å²) in [7, 11) is 0. The van der Waals surface area contributed by atoms with Crippen LogP contribution in [-0.4, -0.2) is 53.5 Å². The number of aromatic hydroxyl groups is 1. The predicted octanol–water partition coefficient (Wildman–Crippen LogP) is 5.29. The van der Waals surface area contributed by atoms with Crippen molar-refractivity contribution < 1.29 is 32.2 Å². The minimum Gasteiger partial charge on any atom is -0.506 e. The maximum Gasteiger partial charge on any atom is 0.416 e. The highest BCUT2D eigenvalue weighted by molar-refractivity contribution is 9.10. The van der Waals surface area contributed by atoms with Crippen LogP contribution in [0.5, 0.6) is 5.75 Å². The number of carbonyl (C=O) groups excluding carboxylic acids is 1. The Morgan fingerprint density at radius 1 is 1.26 bits per heavy atom. The molecule has 1 fully saturated rings. The van der Waals surface area contributed by atoms with E-state index in [0.717, 1.165) is 24.4 Å². The Kier molecular flexibility index (Phi) is 8.33. The molecule has 1 amide bonds. The molecule has 0 atom stereocenters. The molecule has 200 valence electrons. The number of hydrogen-bond acceptors (Lipinski definition) is 8. The van der Waals surface area contributed by atoms with E-state index >= 15 is 0 Å². The van der Waals surface area contributed by atoms with Gasteiger partial charge in [-0.25, -0.2) is 14.8 Å². The van der Waals surface area contributed by atoms with Crippen LogP contribution in [0.2, 0.25) is 5.02 Å². The van der Waals surface area contributed by atoms with Gasteiger partial charge in [-0.3, -0.25) is 4.79 Å². The summed E-state index contributed by atoms with van der Waals surface area (Å²) in [5.41, 5.74) is 1.36. The Hall–Kier alpha value is -3.49. The summed E-state index contributed by atoms with van der Waals surface area (Å²) in [6.45, 7) is 1.80. The van der Waals surface area contributed by atoms with Crippen molar-refractivity contribution in [1.29, 1.82) is 0 Å². The summed E-state index contributed by atoms with van der Waals surface area (Å²) in [5, 5.41) is 16.4. The lowest BCUT2D eigenvalue weighted by Crippen LogP contribution is -2.37. The first-order chi connectivity index (χ1) is 18.0. The number of halogens is 6. The van der Waals surface area contributed by atoms with Crippen molar-refractivity contribution in [1.82, 2.24) is 9.97 Å². The number of alkyl halides is 3. The van der Waals surface area contributed by atoms with Gasteiger partial charge in [0.25, 0.3) is 5.91 Å². The molecule has 3 N–H and O–H groups in total. The molecule has 1 aliphatic heterocycles. The minimum atomic E-state index is -4.59. The van der Waals surface area contributed by atoms with E-state index in [1.807, 2.05) is 0 Å². The third-order valence-electron chi connectivity index (χ3n) is 5.30. The molecule has 0 bridgehead atoms. The smallest absolute Gasteiger partial charge is 0.416 e. The number of phenolic OH excluding ortho intramolecular Hbond substituents is 1. The van der Waals surface area contributed by atoms with E-state index in [1.165, 1.54) is 18.3 Å². The summed E-state index contributed by atoms with van der Waals surface area (Å²) in [6, 6.07) is 5.40. The largest absolute Gasteiger partial charge is 0.506 e. The number of anilines is 3. The zero-order valence-electron chi connectivity index (χ0n) is 19.2. The summed E-state index contributed by atoms with van der Waals surface area (Å²) >= 11 is 9.39. The van der Waals surface area contributed by atoms with Crippen molar-refractivity contribution in [3.8, 4) is 5.75 Å². The van der Waals surface area contributed by atoms with Gasteiger partial charge in [-0.15, -0.1) is 0 Å². The van der Waals surface area contributed by atoms with Crippen molar-refractivity contribution in [3.63, 3.8) is 0 Å². The number of rotatable bonds is 6. The molecule has 0 spiro atoms. The molecule has 9 nitrogen and oxygen atoms in total. The van der Waals surface area contributed by atoms with Gasteiger partial charge < -0.3 is 20.1 Å². The summed E-state index contributed by atoms with van der Waals surface area (Å²) in [4.78, 5) is 22.4. The molecule has 0 aliphatic carbocycles. The number of ether oxygens (including phenoxy) is 1. The fourth-order valence-electron chi connectivity index (χ4n) is 3.47. The first kappa shape index (κ1) is 27.5. The quantitative estimate of drug-likeness (QED) is 0.196. The number of hydrazone groups is 1. The van der Waals surface area contributed by atoms with Gasteiger partial charge in [-0.1, -0.05) is 17.7 Å². The molecule has 1 saturated heterocycles. The monoisotopic (exact) mass is 616 g/mol. The van der Waals surface area contributed by atoms with Gasteiger partial charge in [-0.05, 0) is 40.2 Å². The fraction of sp³-hybridized carbons (Fsp3) is 0.217. The number of carbonyl (C=O) groups is 1. The van der Waals surface area contributed by atoms with Crippen molar-refractivity contribution in [2.24, 2.45) is 5.10 Å². The lowest BCUT2D eigenvalue weighted by Gasteiger charge is -2.27. The van der Waals surface area contributed by atoms with Crippen molar-refractivity contribution in [3.05, 3.63) is 68.5 Å². The van der Waals surface area contributed by atoms with Crippen LogP contribution in [0.1, 0.15) is 21.5 Å². The molecule has 1 aliphatic rings. The molecule has 4 rings (SSSR count). The van der Waals surface area contributed by atoms with Crippen LogP contribution in [0.25, 0.3) is 0 Å². The molecular weight excluding hydrogens is 600 g/mol. The lowest BCUT2D eigenvalue weighted by atomic mass is 10.1. The average molecular weight is 618 g/mol. The second-order valence-electron chi connectivity index (χ2n) is 7.85. The molecule has 2 aromatic carbocycles. The van der Waals surface area contributed by atoms with Gasteiger partial charge in [0.2, 0.25) is 5.95 Å². The molecule has 15 heteroatoms. The molecule has 2 heterocycles. The number of amides is 1. The van der Waals surface area contributed by atoms with Crippen LogP contribution in [0.4, 0.5) is 35.0 Å². The molecule has 0 saturated carbocycles. The van der Waals surface area contributed by atoms with Crippen LogP contribution in [-0.2, 0) is 10.9 Å². The van der Waals surface area contributed by atoms with E-state index in [-0.39, 0.29) is 38.1 Å². The first-order valence-electron chi connectivity index (χ1n) is 10.9. The fourth-order valence-corrected chi connectivity index (χ4v) is 4.50. The highest BCUT2D eigenvalue weighted by Gasteiger charge is 2.30. The van der Waals surface area contributed by atoms with Crippen LogP contribution in [0, 0.1) is 5.82 Å². The zero-order valence-corrected chi connectivity index (χ0v) is 21.5. The summed E-state index contributed by atoms with van der Waals surface area (Å²) in [6.07, 6.45) is -2.42. The Balaban J connectivity index is 1.50. The van der Waals surface area contributed by atoms with E-state index < -0.39 is 29.2 Å². The predicted molar refractivity (Wildman–Crippen MR) is 136 cm³/mol. The molecule has 38 heavy (non-hydrogen) atoms. The molecular formula is C23H18BrClF4N6O3. The normalized spacial score (nSPS) is 14.1. The Morgan fingerprint density at radius 3 is 2.71 bits per heavy atom. The number of nitrogens with zero attached hydrogens (tertiary/aromatic N) is 4. The minimum absolute atomic E-state index is 0.00845. The van der Waals surface area contributed by atoms with Crippen molar-refractivity contribution in [2.45, 2.75) is 6.18 Å². The number of hydrogen-bond donors (Lipinski definition) is 3. The SMILES string of the molecule is O=C(Nc1cccc(C(F)(F)F)c1)c1c(Br)cc(/C=N/Nc2ncc(F)c(N3CCOCC3)n2)c(O)c1Cl. The molecule has 1 aromatic heterocycles. The van der Waals surface area contributed by atoms with Crippen molar-refractivity contribution >= 4 is 57.1 Å². The van der Waals surface area contributed by atoms with Gasteiger partial charge in [0.15, 0.2) is 11.6 Å². The van der Waals surface area contributed by atoms with Crippen LogP contribution in [0.3, 0.4) is 0 Å². The van der Waals surface area contributed by atoms with Gasteiger partial charge in [0.1, 0.15) is 5.75 Å². The molecule has 0 unspecified atom stereocenters. The number of phenols is 1. The third kappa shape index (κ3) is 6.31. The van der Waals surface area contributed by atoms with Crippen LogP contribution < -0.4 is 15.6 Å². The molecule has 0 radical (unpaired) electrons. The summed E-state index contributed by atoms with van der Waals surface area (Å²) in [5.74, 6) is -1.89. The summed E-state index contributed by atoms with van der Waals surface area (Å²) < 4.78 is 58.5. The second kappa shape index (κ2) is 11.5. The standard InChI is InChI=1S/C23H18BrClF4N6O3/c24-15-8-12(10-31-34-22-30-11-16(26)20(33-22)35-4-6-38-7-5-35)19(36)18(25)17(15)21(37)32-14-3-1-2-13(9-14)23(27,28)29/h1-3,8-11,36H,4-7H2,(H,32,37)(H,30,33,34)/b31-10+. The number of aromatic nitrogens is 2. The van der Waals surface area contributed by atoms with Gasteiger partial charge >= 0.3 is 6.18 Å². The highest BCUT2D eigenvalue weighted by atomic mass is 79.9. The molecule has 3 aromatic rings. The van der Waals surface area contributed by atoms with E-state index in [9.17, 15) is 27.5 Å². The topological polar surface area (TPSA) is 112 Å².